The van der Waals surface area contributed by atoms with Crippen molar-refractivity contribution < 1.29 is 0 Å². The largest absolute Gasteiger partial charge is 0.311 e. The summed E-state index contributed by atoms with van der Waals surface area (Å²) in [6.07, 6.45) is 3.05. The molecule has 132 valence electrons. The highest BCUT2D eigenvalue weighted by molar-refractivity contribution is 7.13. The molecule has 3 aromatic rings. The van der Waals surface area contributed by atoms with Gasteiger partial charge in [0.1, 0.15) is 0 Å². The zero-order chi connectivity index (χ0) is 17.5. The van der Waals surface area contributed by atoms with Gasteiger partial charge < -0.3 is 4.57 Å². The van der Waals surface area contributed by atoms with Crippen LogP contribution in [0.2, 0.25) is 0 Å². The van der Waals surface area contributed by atoms with Gasteiger partial charge in [-0.15, -0.1) is 11.3 Å². The van der Waals surface area contributed by atoms with Gasteiger partial charge in [-0.3, -0.25) is 14.7 Å². The van der Waals surface area contributed by atoms with Crippen LogP contribution in [0.1, 0.15) is 23.7 Å². The van der Waals surface area contributed by atoms with Crippen LogP contribution < -0.4 is 5.56 Å². The van der Waals surface area contributed by atoms with E-state index in [1.54, 1.807) is 17.4 Å². The fourth-order valence-electron chi connectivity index (χ4n) is 4.60. The molecule has 5 heterocycles. The second kappa shape index (κ2) is 6.49. The molecule has 5 heteroatoms. The molecule has 0 N–H and O–H groups in total. The Morgan fingerprint density at radius 1 is 1.08 bits per heavy atom. The van der Waals surface area contributed by atoms with Gasteiger partial charge in [0, 0.05) is 60.5 Å². The molecular formula is C21H21N3OS. The molecule has 0 amide bonds. The summed E-state index contributed by atoms with van der Waals surface area (Å²) >= 11 is 1.75. The lowest BCUT2D eigenvalue weighted by Crippen LogP contribution is -2.47. The standard InChI is InChI=1S/C21H21N3OS/c25-20-7-6-18(19-5-3-9-26-19)21-16-10-15(12-24(20)21)11-23(13-16)14-17-4-1-2-8-22-17/h1-9,15-16H,10-14H2/t15-,16-/m1/s1. The van der Waals surface area contributed by atoms with Crippen molar-refractivity contribution in [3.63, 3.8) is 0 Å². The maximum absolute atomic E-state index is 12.5. The minimum Gasteiger partial charge on any atom is -0.311 e. The summed E-state index contributed by atoms with van der Waals surface area (Å²) in [5, 5.41) is 2.11. The third kappa shape index (κ3) is 2.81. The average molecular weight is 363 g/mol. The van der Waals surface area contributed by atoms with E-state index in [0.29, 0.717) is 11.8 Å². The number of hydrogen-bond acceptors (Lipinski definition) is 4. The predicted molar refractivity (Wildman–Crippen MR) is 104 cm³/mol. The van der Waals surface area contributed by atoms with Crippen LogP contribution in [0.15, 0.2) is 58.8 Å². The molecule has 1 saturated heterocycles. The van der Waals surface area contributed by atoms with Crippen molar-refractivity contribution in [2.24, 2.45) is 5.92 Å². The second-order valence-corrected chi connectivity index (χ2v) is 8.32. The smallest absolute Gasteiger partial charge is 0.250 e. The number of piperidine rings is 1. The number of likely N-dealkylation sites (tertiary alicyclic amines) is 1. The van der Waals surface area contributed by atoms with Crippen molar-refractivity contribution in [3.05, 3.63) is 75.8 Å². The Balaban J connectivity index is 1.51. The quantitative estimate of drug-likeness (QED) is 0.714. The van der Waals surface area contributed by atoms with Crippen LogP contribution in [0.4, 0.5) is 0 Å². The molecule has 2 aliphatic heterocycles. The van der Waals surface area contributed by atoms with E-state index in [9.17, 15) is 4.79 Å². The Hall–Kier alpha value is -2.24. The first-order valence-electron chi connectivity index (χ1n) is 9.18. The van der Waals surface area contributed by atoms with E-state index in [-0.39, 0.29) is 5.56 Å². The number of fused-ring (bicyclic) bond motifs is 4. The molecule has 0 unspecified atom stereocenters. The van der Waals surface area contributed by atoms with Crippen LogP contribution in [0.3, 0.4) is 0 Å². The van der Waals surface area contributed by atoms with E-state index in [2.05, 4.69) is 39.5 Å². The Labute approximate surface area is 156 Å². The van der Waals surface area contributed by atoms with Gasteiger partial charge in [-0.1, -0.05) is 12.1 Å². The zero-order valence-corrected chi connectivity index (χ0v) is 15.4. The summed E-state index contributed by atoms with van der Waals surface area (Å²) in [6.45, 7) is 3.76. The molecule has 1 fully saturated rings. The van der Waals surface area contributed by atoms with Crippen LogP contribution in [0, 0.1) is 5.92 Å². The molecule has 2 bridgehead atoms. The van der Waals surface area contributed by atoms with E-state index in [4.69, 9.17) is 0 Å². The lowest BCUT2D eigenvalue weighted by atomic mass is 9.81. The van der Waals surface area contributed by atoms with E-state index in [1.807, 2.05) is 22.9 Å². The fourth-order valence-corrected chi connectivity index (χ4v) is 5.36. The molecule has 3 aromatic heterocycles. The normalized spacial score (nSPS) is 22.2. The van der Waals surface area contributed by atoms with Gasteiger partial charge in [0.15, 0.2) is 0 Å². The van der Waals surface area contributed by atoms with Crippen molar-refractivity contribution in [1.29, 1.82) is 0 Å². The maximum Gasteiger partial charge on any atom is 0.250 e. The molecule has 2 aliphatic rings. The Bertz CT molecular complexity index is 965. The SMILES string of the molecule is O=c1ccc(-c2cccs2)c2n1C[C@@H]1C[C@@H]2CN(Cc2ccccn2)C1. The van der Waals surface area contributed by atoms with Crippen molar-refractivity contribution in [1.82, 2.24) is 14.5 Å². The topological polar surface area (TPSA) is 38.1 Å². The number of pyridine rings is 2. The maximum atomic E-state index is 12.5. The molecular weight excluding hydrogens is 342 g/mol. The summed E-state index contributed by atoms with van der Waals surface area (Å²) in [7, 11) is 0. The summed E-state index contributed by atoms with van der Waals surface area (Å²) in [6, 6.07) is 14.1. The van der Waals surface area contributed by atoms with Crippen LogP contribution in [0.5, 0.6) is 0 Å². The summed E-state index contributed by atoms with van der Waals surface area (Å²) in [5.41, 5.74) is 3.74. The fraction of sp³-hybridized carbons (Fsp3) is 0.333. The molecule has 5 rings (SSSR count). The lowest BCUT2D eigenvalue weighted by Gasteiger charge is -2.43. The van der Waals surface area contributed by atoms with Gasteiger partial charge in [-0.2, -0.15) is 0 Å². The summed E-state index contributed by atoms with van der Waals surface area (Å²) < 4.78 is 2.05. The highest BCUT2D eigenvalue weighted by Crippen LogP contribution is 2.41. The Morgan fingerprint density at radius 2 is 2.04 bits per heavy atom. The van der Waals surface area contributed by atoms with Crippen molar-refractivity contribution in [2.75, 3.05) is 13.1 Å². The Kier molecular flexibility index (Phi) is 3.98. The highest BCUT2D eigenvalue weighted by atomic mass is 32.1. The number of rotatable bonds is 3. The van der Waals surface area contributed by atoms with Crippen LogP contribution in [-0.2, 0) is 13.1 Å². The van der Waals surface area contributed by atoms with Crippen molar-refractivity contribution >= 4 is 11.3 Å². The van der Waals surface area contributed by atoms with Crippen LogP contribution >= 0.6 is 11.3 Å². The number of nitrogens with zero attached hydrogens (tertiary/aromatic N) is 3. The van der Waals surface area contributed by atoms with Crippen LogP contribution in [0.25, 0.3) is 10.4 Å². The van der Waals surface area contributed by atoms with Gasteiger partial charge >= 0.3 is 0 Å². The second-order valence-electron chi connectivity index (χ2n) is 7.37. The summed E-state index contributed by atoms with van der Waals surface area (Å²) in [4.78, 5) is 20.8. The van der Waals surface area contributed by atoms with E-state index < -0.39 is 0 Å². The molecule has 0 radical (unpaired) electrons. The molecule has 0 aliphatic carbocycles. The van der Waals surface area contributed by atoms with E-state index in [1.165, 1.54) is 22.6 Å². The van der Waals surface area contributed by atoms with Crippen molar-refractivity contribution in [2.45, 2.75) is 25.4 Å². The third-order valence-corrected chi connectivity index (χ3v) is 6.47. The van der Waals surface area contributed by atoms with Gasteiger partial charge in [0.2, 0.25) is 0 Å². The predicted octanol–water partition coefficient (Wildman–Crippen LogP) is 3.59. The highest BCUT2D eigenvalue weighted by Gasteiger charge is 2.36. The minimum atomic E-state index is 0.146. The summed E-state index contributed by atoms with van der Waals surface area (Å²) in [5.74, 6) is 0.957. The molecule has 2 atom stereocenters. The first-order valence-corrected chi connectivity index (χ1v) is 10.1. The van der Waals surface area contributed by atoms with Crippen molar-refractivity contribution in [3.8, 4) is 10.4 Å². The average Bonchev–Trinajstić information content (AvgIpc) is 3.18. The molecule has 0 saturated carbocycles. The molecule has 0 spiro atoms. The van der Waals surface area contributed by atoms with Gasteiger partial charge in [-0.05, 0) is 42.0 Å². The van der Waals surface area contributed by atoms with E-state index in [0.717, 1.165) is 31.9 Å². The first kappa shape index (κ1) is 16.0. The van der Waals surface area contributed by atoms with Crippen LogP contribution in [-0.4, -0.2) is 27.5 Å². The monoisotopic (exact) mass is 363 g/mol. The number of aromatic nitrogens is 2. The first-order chi connectivity index (χ1) is 12.8. The van der Waals surface area contributed by atoms with Gasteiger partial charge in [0.05, 0.1) is 5.69 Å². The van der Waals surface area contributed by atoms with Gasteiger partial charge in [-0.25, -0.2) is 0 Å². The number of hydrogen-bond donors (Lipinski definition) is 0. The Morgan fingerprint density at radius 3 is 2.85 bits per heavy atom. The van der Waals surface area contributed by atoms with E-state index >= 15 is 0 Å². The van der Waals surface area contributed by atoms with Gasteiger partial charge in [0.25, 0.3) is 5.56 Å². The third-order valence-electron chi connectivity index (χ3n) is 5.56. The molecule has 0 aromatic carbocycles. The minimum absolute atomic E-state index is 0.146. The zero-order valence-electron chi connectivity index (χ0n) is 14.5. The molecule has 26 heavy (non-hydrogen) atoms. The lowest BCUT2D eigenvalue weighted by molar-refractivity contribution is 0.113. The molecule has 4 nitrogen and oxygen atoms in total. The number of thiophene rings is 1.